The molecule has 4 aromatic rings. The molecule has 12 nitrogen and oxygen atoms in total. The summed E-state index contributed by atoms with van der Waals surface area (Å²) in [6.07, 6.45) is 0.159. The van der Waals surface area contributed by atoms with E-state index in [1.165, 1.54) is 25.1 Å². The summed E-state index contributed by atoms with van der Waals surface area (Å²) in [6.45, 7) is 5.09. The van der Waals surface area contributed by atoms with Crippen LogP contribution in [0.4, 0.5) is 0 Å². The number of carbonyl (C=O) groups is 4. The van der Waals surface area contributed by atoms with Crippen molar-refractivity contribution in [2.45, 2.75) is 51.9 Å². The predicted molar refractivity (Wildman–Crippen MR) is 162 cm³/mol. The van der Waals surface area contributed by atoms with Crippen LogP contribution in [0.1, 0.15) is 42.5 Å². The highest BCUT2D eigenvalue weighted by Crippen LogP contribution is 2.28. The molecule has 1 aromatic heterocycles. The monoisotopic (exact) mass is 598 g/mol. The van der Waals surface area contributed by atoms with E-state index in [0.717, 1.165) is 16.6 Å². The second-order valence-corrected chi connectivity index (χ2v) is 11.0. The smallest absolute Gasteiger partial charge is 0.255 e. The van der Waals surface area contributed by atoms with Crippen LogP contribution < -0.4 is 26.0 Å². The summed E-state index contributed by atoms with van der Waals surface area (Å²) in [5.41, 5.74) is 2.28. The Hall–Kier alpha value is -5.39. The number of hydrogen-bond donors (Lipinski definition) is 6. The van der Waals surface area contributed by atoms with Gasteiger partial charge in [-0.1, -0.05) is 38.1 Å². The number of carbonyl (C=O) groups excluding carboxylic acids is 4. The molecule has 3 atom stereocenters. The van der Waals surface area contributed by atoms with Gasteiger partial charge in [0.1, 0.15) is 41.2 Å². The van der Waals surface area contributed by atoms with E-state index in [-0.39, 0.29) is 30.2 Å². The van der Waals surface area contributed by atoms with Crippen LogP contribution in [0.2, 0.25) is 0 Å². The maximum absolute atomic E-state index is 13.4. The zero-order valence-corrected chi connectivity index (χ0v) is 24.5. The van der Waals surface area contributed by atoms with Gasteiger partial charge in [0, 0.05) is 6.42 Å². The van der Waals surface area contributed by atoms with Gasteiger partial charge in [-0.2, -0.15) is 0 Å². The molecule has 12 heteroatoms. The summed E-state index contributed by atoms with van der Waals surface area (Å²) in [5.74, 6) is -1.60. The zero-order chi connectivity index (χ0) is 31.4. The Bertz CT molecular complexity index is 1670. The van der Waals surface area contributed by atoms with Crippen molar-refractivity contribution in [2.24, 2.45) is 5.92 Å². The molecule has 6 N–H and O–H groups in total. The van der Waals surface area contributed by atoms with Crippen LogP contribution in [0, 0.1) is 5.92 Å². The van der Waals surface area contributed by atoms with Crippen LogP contribution in [0.3, 0.4) is 0 Å². The lowest BCUT2D eigenvalue weighted by molar-refractivity contribution is -0.132. The lowest BCUT2D eigenvalue weighted by Crippen LogP contribution is -2.57. The summed E-state index contributed by atoms with van der Waals surface area (Å²) >= 11 is 0. The van der Waals surface area contributed by atoms with Crippen molar-refractivity contribution >= 4 is 34.7 Å². The van der Waals surface area contributed by atoms with Crippen molar-refractivity contribution in [1.82, 2.24) is 31.2 Å². The maximum atomic E-state index is 13.4. The Morgan fingerprint density at radius 3 is 2.43 bits per heavy atom. The average Bonchev–Trinajstić information content (AvgIpc) is 3.42. The molecule has 0 fully saturated rings. The average molecular weight is 599 g/mol. The molecular weight excluding hydrogens is 564 g/mol. The van der Waals surface area contributed by atoms with Crippen molar-refractivity contribution in [3.05, 3.63) is 83.7 Å². The number of amides is 4. The highest BCUT2D eigenvalue weighted by atomic mass is 16.5. The molecule has 4 amide bonds. The van der Waals surface area contributed by atoms with E-state index in [0.29, 0.717) is 17.3 Å². The number of imidazole rings is 1. The SMILES string of the molecule is CC(C)[C@@H]1NC(=O)c2cc(ccc2O)Oc2ccc(cc2)C[C@@H](C(=O)NCc2nc3ccccc3[nH]2)NC(=O)[C@H](C)NC1=O. The third-order valence-electron chi connectivity index (χ3n) is 7.30. The fourth-order valence-corrected chi connectivity index (χ4v) is 4.84. The number of H-pyrrole nitrogens is 1. The molecule has 0 saturated carbocycles. The standard InChI is InChI=1S/C32H34N6O6/c1-17(2)28-32(43)34-18(3)29(40)37-25(31(42)33-16-27-35-23-6-4-5-7-24(23)36-27)14-19-8-10-20(11-9-19)44-21-12-13-26(39)22(15-21)30(41)38-28/h4-13,15,17-18,25,28,39H,14,16H2,1-3H3,(H,33,42)(H,34,43)(H,35,36)(H,37,40)(H,38,41)/t18-,25-,28-/m0/s1. The minimum atomic E-state index is -1.03. The van der Waals surface area contributed by atoms with Gasteiger partial charge >= 0.3 is 0 Å². The summed E-state index contributed by atoms with van der Waals surface area (Å²) in [4.78, 5) is 60.6. The molecule has 0 radical (unpaired) electrons. The van der Waals surface area contributed by atoms with Gasteiger partial charge in [-0.15, -0.1) is 0 Å². The molecule has 3 heterocycles. The zero-order valence-electron chi connectivity index (χ0n) is 24.5. The van der Waals surface area contributed by atoms with Crippen LogP contribution >= 0.6 is 0 Å². The number of para-hydroxylation sites is 2. The number of aromatic hydroxyl groups is 1. The Labute approximate surface area is 253 Å². The number of ether oxygens (including phenoxy) is 1. The van der Waals surface area contributed by atoms with Gasteiger partial charge in [-0.25, -0.2) is 4.98 Å². The van der Waals surface area contributed by atoms with E-state index in [1.807, 2.05) is 24.3 Å². The number of hydrogen-bond acceptors (Lipinski definition) is 7. The second kappa shape index (κ2) is 12.9. The molecule has 4 bridgehead atoms. The highest BCUT2D eigenvalue weighted by molar-refractivity contribution is 6.00. The Kier molecular flexibility index (Phi) is 8.79. The molecule has 2 aliphatic rings. The van der Waals surface area contributed by atoms with E-state index in [2.05, 4.69) is 31.2 Å². The quantitative estimate of drug-likeness (QED) is 0.196. The first kappa shape index (κ1) is 30.1. The number of phenolic OH excluding ortho intramolecular Hbond substituents is 1. The molecule has 0 unspecified atom stereocenters. The largest absolute Gasteiger partial charge is 0.507 e. The first-order chi connectivity index (χ1) is 21.1. The first-order valence-electron chi connectivity index (χ1n) is 14.3. The fraction of sp³-hybridized carbons (Fsp3) is 0.281. The van der Waals surface area contributed by atoms with Crippen molar-refractivity contribution in [3.8, 4) is 17.2 Å². The van der Waals surface area contributed by atoms with Gasteiger partial charge in [0.2, 0.25) is 17.7 Å². The predicted octanol–water partition coefficient (Wildman–Crippen LogP) is 2.68. The molecule has 6 rings (SSSR count). The first-order valence-corrected chi connectivity index (χ1v) is 14.3. The number of benzene rings is 3. The Morgan fingerprint density at radius 1 is 0.977 bits per heavy atom. The van der Waals surface area contributed by atoms with Gasteiger partial charge in [0.15, 0.2) is 0 Å². The number of aromatic nitrogens is 2. The topological polar surface area (TPSA) is 175 Å². The van der Waals surface area contributed by atoms with E-state index in [4.69, 9.17) is 4.74 Å². The Morgan fingerprint density at radius 2 is 1.70 bits per heavy atom. The van der Waals surface area contributed by atoms with Gasteiger partial charge in [0.05, 0.1) is 23.1 Å². The highest BCUT2D eigenvalue weighted by Gasteiger charge is 2.30. The molecular formula is C32H34N6O6. The minimum Gasteiger partial charge on any atom is -0.507 e. The third kappa shape index (κ3) is 6.97. The van der Waals surface area contributed by atoms with Crippen molar-refractivity contribution < 1.29 is 29.0 Å². The summed E-state index contributed by atoms with van der Waals surface area (Å²) in [5, 5.41) is 21.2. The lowest BCUT2D eigenvalue weighted by atomic mass is 10.0. The third-order valence-corrected chi connectivity index (χ3v) is 7.30. The van der Waals surface area contributed by atoms with E-state index >= 15 is 0 Å². The van der Waals surface area contributed by atoms with Crippen LogP contribution in [0.25, 0.3) is 11.0 Å². The normalized spacial score (nSPS) is 19.4. The van der Waals surface area contributed by atoms with Crippen molar-refractivity contribution in [2.75, 3.05) is 0 Å². The summed E-state index contributed by atoms with van der Waals surface area (Å²) < 4.78 is 5.90. The van der Waals surface area contributed by atoms with Crippen LogP contribution in [0.5, 0.6) is 17.2 Å². The molecule has 0 spiro atoms. The van der Waals surface area contributed by atoms with Crippen molar-refractivity contribution in [3.63, 3.8) is 0 Å². The van der Waals surface area contributed by atoms with Crippen LogP contribution in [-0.4, -0.2) is 56.8 Å². The van der Waals surface area contributed by atoms with E-state index < -0.39 is 41.8 Å². The number of phenols is 1. The lowest BCUT2D eigenvalue weighted by Gasteiger charge is -2.25. The summed E-state index contributed by atoms with van der Waals surface area (Å²) in [7, 11) is 0. The number of nitrogens with one attached hydrogen (secondary N) is 5. The van der Waals surface area contributed by atoms with Gasteiger partial charge in [0.25, 0.3) is 5.91 Å². The molecule has 0 saturated heterocycles. The van der Waals surface area contributed by atoms with Gasteiger partial charge < -0.3 is 36.1 Å². The second-order valence-electron chi connectivity index (χ2n) is 11.0. The molecule has 2 aliphatic heterocycles. The maximum Gasteiger partial charge on any atom is 0.255 e. The van der Waals surface area contributed by atoms with Crippen LogP contribution in [-0.2, 0) is 27.3 Å². The Balaban J connectivity index is 1.41. The summed E-state index contributed by atoms with van der Waals surface area (Å²) in [6, 6.07) is 15.6. The number of fused-ring (bicyclic) bond motifs is 12. The van der Waals surface area contributed by atoms with Gasteiger partial charge in [-0.05, 0) is 60.9 Å². The van der Waals surface area contributed by atoms with E-state index in [9.17, 15) is 24.3 Å². The number of aromatic amines is 1. The fourth-order valence-electron chi connectivity index (χ4n) is 4.84. The molecule has 0 aliphatic carbocycles. The van der Waals surface area contributed by atoms with E-state index in [1.54, 1.807) is 38.1 Å². The van der Waals surface area contributed by atoms with Crippen molar-refractivity contribution in [1.29, 1.82) is 0 Å². The number of rotatable bonds is 4. The minimum absolute atomic E-state index is 0.0685. The molecule has 228 valence electrons. The molecule has 44 heavy (non-hydrogen) atoms. The molecule has 3 aromatic carbocycles. The van der Waals surface area contributed by atoms with Gasteiger partial charge in [-0.3, -0.25) is 19.2 Å². The van der Waals surface area contributed by atoms with Crippen LogP contribution in [0.15, 0.2) is 66.7 Å². The number of nitrogens with zero attached hydrogens (tertiary/aromatic N) is 1.